The summed E-state index contributed by atoms with van der Waals surface area (Å²) in [7, 11) is 0. The van der Waals surface area contributed by atoms with Crippen molar-refractivity contribution in [2.45, 2.75) is 29.7 Å². The predicted molar refractivity (Wildman–Crippen MR) is 87.2 cm³/mol. The Kier molecular flexibility index (Phi) is 5.08. The number of ether oxygens (including phenoxy) is 1. The number of para-hydroxylation sites is 1. The topological polar surface area (TPSA) is 35.2 Å². The molecule has 0 saturated heterocycles. The van der Waals surface area contributed by atoms with Gasteiger partial charge in [0.25, 0.3) is 0 Å². The maximum absolute atomic E-state index is 6.14. The average molecular weight is 328 g/mol. The van der Waals surface area contributed by atoms with Crippen LogP contribution in [0, 0.1) is 0 Å². The monoisotopic (exact) mass is 327 g/mol. The first kappa shape index (κ1) is 15.4. The number of anilines is 1. The quantitative estimate of drug-likeness (QED) is 0.751. The summed E-state index contributed by atoms with van der Waals surface area (Å²) >= 11 is 13.5. The average Bonchev–Trinajstić information content (AvgIpc) is 2.38. The van der Waals surface area contributed by atoms with Crippen LogP contribution in [0.25, 0.3) is 0 Å². The maximum Gasteiger partial charge on any atom is 0.143 e. The lowest BCUT2D eigenvalue weighted by molar-refractivity contribution is 0.243. The summed E-state index contributed by atoms with van der Waals surface area (Å²) in [6.07, 6.45) is 0.0857. The van der Waals surface area contributed by atoms with Gasteiger partial charge in [-0.25, -0.2) is 0 Å². The third kappa shape index (κ3) is 3.75. The molecule has 0 radical (unpaired) electrons. The van der Waals surface area contributed by atoms with Crippen LogP contribution in [-0.2, 0) is 0 Å². The van der Waals surface area contributed by atoms with Crippen molar-refractivity contribution in [2.75, 3.05) is 5.73 Å². The molecule has 0 fully saturated rings. The van der Waals surface area contributed by atoms with E-state index < -0.39 is 0 Å². The van der Waals surface area contributed by atoms with E-state index in [2.05, 4.69) is 0 Å². The van der Waals surface area contributed by atoms with Crippen LogP contribution >= 0.6 is 35.0 Å². The van der Waals surface area contributed by atoms with Gasteiger partial charge in [-0.05, 0) is 44.2 Å². The van der Waals surface area contributed by atoms with Crippen LogP contribution in [-0.4, -0.2) is 6.10 Å². The fraction of sp³-hybridized carbons (Fsp3) is 0.200. The van der Waals surface area contributed by atoms with Crippen LogP contribution in [0.3, 0.4) is 0 Å². The Morgan fingerprint density at radius 2 is 1.85 bits per heavy atom. The van der Waals surface area contributed by atoms with Crippen LogP contribution in [0.4, 0.5) is 5.69 Å². The molecule has 0 amide bonds. The molecule has 2 nitrogen and oxygen atoms in total. The zero-order chi connectivity index (χ0) is 14.7. The fourth-order valence-corrected chi connectivity index (χ4v) is 2.92. The first-order valence-electron chi connectivity index (χ1n) is 6.15. The molecule has 0 unspecified atom stereocenters. The molecule has 5 heteroatoms. The first-order valence-corrected chi connectivity index (χ1v) is 7.72. The van der Waals surface area contributed by atoms with Gasteiger partial charge < -0.3 is 10.5 Å². The Morgan fingerprint density at radius 1 is 1.10 bits per heavy atom. The lowest BCUT2D eigenvalue weighted by Crippen LogP contribution is -2.07. The van der Waals surface area contributed by atoms with Crippen molar-refractivity contribution in [2.24, 2.45) is 0 Å². The molecular weight excluding hydrogens is 313 g/mol. The number of hydrogen-bond donors (Lipinski definition) is 1. The Hall–Kier alpha value is -1.03. The maximum atomic E-state index is 6.14. The highest BCUT2D eigenvalue weighted by Gasteiger charge is 2.09. The molecular formula is C15H15Cl2NOS. The Labute approximate surface area is 133 Å². The molecule has 20 heavy (non-hydrogen) atoms. The predicted octanol–water partition coefficient (Wildman–Crippen LogP) is 5.51. The molecule has 2 aromatic rings. The van der Waals surface area contributed by atoms with Crippen LogP contribution in [0.5, 0.6) is 5.75 Å². The summed E-state index contributed by atoms with van der Waals surface area (Å²) in [5, 5.41) is 1.07. The van der Waals surface area contributed by atoms with Crippen molar-refractivity contribution in [3.63, 3.8) is 0 Å². The van der Waals surface area contributed by atoms with E-state index in [0.717, 1.165) is 9.79 Å². The van der Waals surface area contributed by atoms with Gasteiger partial charge in [-0.2, -0.15) is 0 Å². The van der Waals surface area contributed by atoms with E-state index in [4.69, 9.17) is 33.7 Å². The molecule has 0 aliphatic rings. The van der Waals surface area contributed by atoms with Crippen molar-refractivity contribution in [1.29, 1.82) is 0 Å². The molecule has 106 valence electrons. The minimum Gasteiger partial charge on any atom is -0.489 e. The Balaban J connectivity index is 2.27. The molecule has 2 N–H and O–H groups in total. The second-order valence-electron chi connectivity index (χ2n) is 4.51. The van der Waals surface area contributed by atoms with Crippen LogP contribution < -0.4 is 10.5 Å². The minimum absolute atomic E-state index is 0.0857. The van der Waals surface area contributed by atoms with Crippen molar-refractivity contribution < 1.29 is 4.74 Å². The normalized spacial score (nSPS) is 10.8. The number of halogens is 2. The molecule has 0 aromatic heterocycles. The number of nitrogen functional groups attached to an aromatic ring is 1. The highest BCUT2D eigenvalue weighted by atomic mass is 35.5. The van der Waals surface area contributed by atoms with Gasteiger partial charge in [-0.15, -0.1) is 0 Å². The van der Waals surface area contributed by atoms with E-state index in [0.29, 0.717) is 21.5 Å². The molecule has 0 spiro atoms. The highest BCUT2D eigenvalue weighted by Crippen LogP contribution is 2.38. The molecule has 0 aliphatic carbocycles. The smallest absolute Gasteiger partial charge is 0.143 e. The van der Waals surface area contributed by atoms with Gasteiger partial charge in [0.15, 0.2) is 0 Å². The van der Waals surface area contributed by atoms with Crippen LogP contribution in [0.15, 0.2) is 46.2 Å². The molecule has 0 saturated carbocycles. The summed E-state index contributed by atoms with van der Waals surface area (Å²) in [6.45, 7) is 3.94. The van der Waals surface area contributed by atoms with E-state index >= 15 is 0 Å². The van der Waals surface area contributed by atoms with Gasteiger partial charge in [0.2, 0.25) is 0 Å². The van der Waals surface area contributed by atoms with Gasteiger partial charge in [0.05, 0.1) is 21.8 Å². The number of hydrogen-bond acceptors (Lipinski definition) is 3. The highest BCUT2D eigenvalue weighted by molar-refractivity contribution is 7.99. The lowest BCUT2D eigenvalue weighted by atomic mass is 10.3. The number of rotatable bonds is 4. The number of benzene rings is 2. The summed E-state index contributed by atoms with van der Waals surface area (Å²) in [5.74, 6) is 0.699. The first-order chi connectivity index (χ1) is 9.47. The van der Waals surface area contributed by atoms with Gasteiger partial charge in [0.1, 0.15) is 5.75 Å². The van der Waals surface area contributed by atoms with E-state index in [1.807, 2.05) is 44.2 Å². The second-order valence-corrected chi connectivity index (χ2v) is 6.44. The molecule has 2 aromatic carbocycles. The second kappa shape index (κ2) is 6.61. The van der Waals surface area contributed by atoms with Gasteiger partial charge >= 0.3 is 0 Å². The fourth-order valence-electron chi connectivity index (χ4n) is 1.64. The van der Waals surface area contributed by atoms with Crippen LogP contribution in [0.1, 0.15) is 13.8 Å². The Morgan fingerprint density at radius 3 is 2.50 bits per heavy atom. The molecule has 0 bridgehead atoms. The standard InChI is InChI=1S/C15H15Cl2NOS/c1-9(2)19-13-4-3-5-14(15(13)18)20-10-6-7-11(16)12(17)8-10/h3-9H,18H2,1-2H3. The van der Waals surface area contributed by atoms with Gasteiger partial charge in [0, 0.05) is 9.79 Å². The summed E-state index contributed by atoms with van der Waals surface area (Å²) in [6, 6.07) is 11.3. The summed E-state index contributed by atoms with van der Waals surface area (Å²) in [5.41, 5.74) is 6.78. The lowest BCUT2D eigenvalue weighted by Gasteiger charge is -2.14. The minimum atomic E-state index is 0.0857. The van der Waals surface area contributed by atoms with E-state index in [-0.39, 0.29) is 6.10 Å². The third-order valence-corrected chi connectivity index (χ3v) is 4.31. The molecule has 0 aliphatic heterocycles. The number of nitrogens with two attached hydrogens (primary N) is 1. The van der Waals surface area contributed by atoms with Gasteiger partial charge in [-0.3, -0.25) is 0 Å². The molecule has 0 atom stereocenters. The van der Waals surface area contributed by atoms with Crippen molar-refractivity contribution >= 4 is 40.7 Å². The molecule has 2 rings (SSSR count). The van der Waals surface area contributed by atoms with Crippen LogP contribution in [0.2, 0.25) is 10.0 Å². The Bertz CT molecular complexity index is 617. The van der Waals surface area contributed by atoms with E-state index in [1.165, 1.54) is 11.8 Å². The van der Waals surface area contributed by atoms with Crippen molar-refractivity contribution in [3.8, 4) is 5.75 Å². The van der Waals surface area contributed by atoms with Gasteiger partial charge in [-0.1, -0.05) is 41.0 Å². The summed E-state index contributed by atoms with van der Waals surface area (Å²) in [4.78, 5) is 1.91. The molecule has 0 heterocycles. The van der Waals surface area contributed by atoms with Crippen molar-refractivity contribution in [3.05, 3.63) is 46.4 Å². The SMILES string of the molecule is CC(C)Oc1cccc(Sc2ccc(Cl)c(Cl)c2)c1N. The van der Waals surface area contributed by atoms with E-state index in [9.17, 15) is 0 Å². The summed E-state index contributed by atoms with van der Waals surface area (Å²) < 4.78 is 5.68. The largest absolute Gasteiger partial charge is 0.489 e. The zero-order valence-electron chi connectivity index (χ0n) is 11.2. The zero-order valence-corrected chi connectivity index (χ0v) is 13.5. The van der Waals surface area contributed by atoms with Crippen molar-refractivity contribution in [1.82, 2.24) is 0 Å². The van der Waals surface area contributed by atoms with E-state index in [1.54, 1.807) is 6.07 Å². The third-order valence-electron chi connectivity index (χ3n) is 2.51.